The first-order chi connectivity index (χ1) is 19.4. The highest BCUT2D eigenvalue weighted by molar-refractivity contribution is 7.99. The Kier molecular flexibility index (Phi) is 9.04. The molecule has 0 atom stereocenters. The van der Waals surface area contributed by atoms with Gasteiger partial charge in [0, 0.05) is 29.2 Å². The minimum atomic E-state index is -0.0906. The number of anilines is 1. The number of carbonyl (C=O) groups excluding carboxylic acids is 1. The number of thioether (sulfide) groups is 1. The van der Waals surface area contributed by atoms with Crippen LogP contribution in [0, 0.1) is 13.8 Å². The molecule has 40 heavy (non-hydrogen) atoms. The number of hydrogen-bond acceptors (Lipinski definition) is 7. The zero-order valence-corrected chi connectivity index (χ0v) is 25.0. The molecule has 0 spiro atoms. The van der Waals surface area contributed by atoms with E-state index in [9.17, 15) is 4.79 Å². The van der Waals surface area contributed by atoms with Crippen molar-refractivity contribution in [1.82, 2.24) is 19.7 Å². The first-order valence-electron chi connectivity index (χ1n) is 13.1. The summed E-state index contributed by atoms with van der Waals surface area (Å²) in [7, 11) is 0. The molecule has 2 aromatic heterocycles. The molecule has 5 rings (SSSR count). The Labute approximate surface area is 247 Å². The summed E-state index contributed by atoms with van der Waals surface area (Å²) in [6, 6.07) is 19.7. The van der Waals surface area contributed by atoms with Crippen molar-refractivity contribution in [3.8, 4) is 16.3 Å². The maximum Gasteiger partial charge on any atom is 0.234 e. The van der Waals surface area contributed by atoms with Gasteiger partial charge in [-0.2, -0.15) is 0 Å². The molecule has 0 unspecified atom stereocenters. The van der Waals surface area contributed by atoms with Crippen LogP contribution in [-0.2, 0) is 17.8 Å². The molecule has 1 amide bonds. The van der Waals surface area contributed by atoms with Gasteiger partial charge in [0.2, 0.25) is 5.91 Å². The highest BCUT2D eigenvalue weighted by atomic mass is 35.5. The maximum atomic E-state index is 12.7. The lowest BCUT2D eigenvalue weighted by atomic mass is 10.2. The molecule has 0 fully saturated rings. The molecule has 1 N–H and O–H groups in total. The average molecular weight is 592 g/mol. The number of ether oxygens (including phenoxy) is 1. The summed E-state index contributed by atoms with van der Waals surface area (Å²) in [5.41, 5.74) is 5.02. The van der Waals surface area contributed by atoms with E-state index < -0.39 is 0 Å². The number of benzene rings is 3. The standard InChI is InChI=1S/C30H30ClN5O2S2/c1-4-36-27(6-5-15-38-25-14-10-22(31)17-20(25)3)34-35-30(36)39-18-28(37)32-23-11-8-21(9-12-23)29-33-24-13-7-19(2)16-26(24)40-29/h7-14,16-17H,4-6,15,18H2,1-3H3,(H,32,37). The van der Waals surface area contributed by atoms with E-state index in [1.165, 1.54) is 22.0 Å². The Morgan fingerprint density at radius 3 is 2.67 bits per heavy atom. The van der Waals surface area contributed by atoms with Gasteiger partial charge in [-0.15, -0.1) is 21.5 Å². The van der Waals surface area contributed by atoms with E-state index >= 15 is 0 Å². The molecule has 0 saturated carbocycles. The monoisotopic (exact) mass is 591 g/mol. The van der Waals surface area contributed by atoms with Crippen LogP contribution >= 0.6 is 34.7 Å². The van der Waals surface area contributed by atoms with Gasteiger partial charge in [-0.05, 0) is 92.9 Å². The summed E-state index contributed by atoms with van der Waals surface area (Å²) in [5.74, 6) is 1.88. The van der Waals surface area contributed by atoms with Crippen molar-refractivity contribution in [2.24, 2.45) is 0 Å². The van der Waals surface area contributed by atoms with Gasteiger partial charge < -0.3 is 14.6 Å². The normalized spacial score (nSPS) is 11.2. The number of aromatic nitrogens is 4. The Bertz CT molecular complexity index is 1630. The van der Waals surface area contributed by atoms with Crippen molar-refractivity contribution in [2.75, 3.05) is 17.7 Å². The summed E-state index contributed by atoms with van der Waals surface area (Å²) in [5, 5.41) is 14.1. The van der Waals surface area contributed by atoms with Gasteiger partial charge in [0.15, 0.2) is 5.16 Å². The van der Waals surface area contributed by atoms with Gasteiger partial charge in [0.1, 0.15) is 16.6 Å². The van der Waals surface area contributed by atoms with Crippen molar-refractivity contribution in [1.29, 1.82) is 0 Å². The van der Waals surface area contributed by atoms with Crippen molar-refractivity contribution >= 4 is 56.5 Å². The minimum absolute atomic E-state index is 0.0906. The van der Waals surface area contributed by atoms with Crippen LogP contribution in [-0.4, -0.2) is 38.0 Å². The Balaban J connectivity index is 1.11. The number of nitrogens with one attached hydrogen (secondary N) is 1. The van der Waals surface area contributed by atoms with Crippen molar-refractivity contribution < 1.29 is 9.53 Å². The summed E-state index contributed by atoms with van der Waals surface area (Å²) in [6.07, 6.45) is 1.54. The Morgan fingerprint density at radius 1 is 1.07 bits per heavy atom. The minimum Gasteiger partial charge on any atom is -0.493 e. The quantitative estimate of drug-likeness (QED) is 0.126. The second kappa shape index (κ2) is 12.8. The third kappa shape index (κ3) is 6.83. The molecule has 10 heteroatoms. The second-order valence-corrected chi connectivity index (χ2v) is 11.8. The van der Waals surface area contributed by atoms with E-state index in [0.29, 0.717) is 11.6 Å². The molecule has 0 aliphatic rings. The van der Waals surface area contributed by atoms with Crippen molar-refractivity contribution in [3.05, 3.63) is 82.6 Å². The summed E-state index contributed by atoms with van der Waals surface area (Å²) in [4.78, 5) is 17.4. The topological polar surface area (TPSA) is 81.9 Å². The molecule has 0 saturated heterocycles. The van der Waals surface area contributed by atoms with Gasteiger partial charge >= 0.3 is 0 Å². The predicted octanol–water partition coefficient (Wildman–Crippen LogP) is 7.59. The van der Waals surface area contributed by atoms with E-state index in [-0.39, 0.29) is 11.7 Å². The Hall–Kier alpha value is -3.40. The summed E-state index contributed by atoms with van der Waals surface area (Å²) >= 11 is 9.08. The number of fused-ring (bicyclic) bond motifs is 1. The van der Waals surface area contributed by atoms with Gasteiger partial charge in [-0.1, -0.05) is 29.4 Å². The average Bonchev–Trinajstić information content (AvgIpc) is 3.54. The number of hydrogen-bond donors (Lipinski definition) is 1. The fourth-order valence-corrected chi connectivity index (χ4v) is 6.41. The lowest BCUT2D eigenvalue weighted by Crippen LogP contribution is -2.14. The molecule has 206 valence electrons. The molecule has 2 heterocycles. The van der Waals surface area contributed by atoms with E-state index in [2.05, 4.69) is 52.1 Å². The number of halogens is 1. The number of amides is 1. The first-order valence-corrected chi connectivity index (χ1v) is 15.3. The predicted molar refractivity (Wildman–Crippen MR) is 165 cm³/mol. The van der Waals surface area contributed by atoms with Gasteiger partial charge in [0.05, 0.1) is 22.6 Å². The molecule has 3 aromatic carbocycles. The number of carbonyl (C=O) groups is 1. The van der Waals surface area contributed by atoms with E-state index in [4.69, 9.17) is 21.3 Å². The smallest absolute Gasteiger partial charge is 0.234 e. The zero-order chi connectivity index (χ0) is 28.1. The van der Waals surface area contributed by atoms with Crippen LogP contribution in [0.5, 0.6) is 5.75 Å². The molecular formula is C30H30ClN5O2S2. The zero-order valence-electron chi connectivity index (χ0n) is 22.6. The van der Waals surface area contributed by atoms with E-state index in [0.717, 1.165) is 63.5 Å². The van der Waals surface area contributed by atoms with Gasteiger partial charge in [-0.3, -0.25) is 4.79 Å². The molecule has 0 aliphatic carbocycles. The highest BCUT2D eigenvalue weighted by Crippen LogP contribution is 2.31. The van der Waals surface area contributed by atoms with Crippen LogP contribution in [0.25, 0.3) is 20.8 Å². The number of aryl methyl sites for hydroxylation is 3. The first kappa shape index (κ1) is 28.1. The van der Waals surface area contributed by atoms with Crippen LogP contribution in [0.15, 0.2) is 65.8 Å². The largest absolute Gasteiger partial charge is 0.493 e. The number of rotatable bonds is 11. The molecule has 7 nitrogen and oxygen atoms in total. The van der Waals surface area contributed by atoms with E-state index in [1.807, 2.05) is 49.4 Å². The third-order valence-electron chi connectivity index (χ3n) is 6.34. The van der Waals surface area contributed by atoms with Crippen LogP contribution < -0.4 is 10.1 Å². The van der Waals surface area contributed by atoms with Gasteiger partial charge in [-0.25, -0.2) is 4.98 Å². The number of thiazole rings is 1. The lowest BCUT2D eigenvalue weighted by Gasteiger charge is -2.10. The number of nitrogens with zero attached hydrogens (tertiary/aromatic N) is 4. The van der Waals surface area contributed by atoms with Crippen LogP contribution in [0.3, 0.4) is 0 Å². The molecule has 0 radical (unpaired) electrons. The van der Waals surface area contributed by atoms with Crippen LogP contribution in [0.1, 0.15) is 30.3 Å². The fourth-order valence-electron chi connectivity index (χ4n) is 4.29. The van der Waals surface area contributed by atoms with E-state index in [1.54, 1.807) is 11.3 Å². The van der Waals surface area contributed by atoms with Gasteiger partial charge in [0.25, 0.3) is 0 Å². The summed E-state index contributed by atoms with van der Waals surface area (Å²) in [6.45, 7) is 7.42. The fraction of sp³-hybridized carbons (Fsp3) is 0.267. The Morgan fingerprint density at radius 2 is 1.90 bits per heavy atom. The SMILES string of the molecule is CCn1c(CCCOc2ccc(Cl)cc2C)nnc1SCC(=O)Nc1ccc(-c2nc3ccc(C)cc3s2)cc1. The molecular weight excluding hydrogens is 562 g/mol. The highest BCUT2D eigenvalue weighted by Gasteiger charge is 2.14. The summed E-state index contributed by atoms with van der Waals surface area (Å²) < 4.78 is 9.13. The lowest BCUT2D eigenvalue weighted by molar-refractivity contribution is -0.113. The van der Waals surface area contributed by atoms with Crippen molar-refractivity contribution in [3.63, 3.8) is 0 Å². The third-order valence-corrected chi connectivity index (χ3v) is 8.61. The molecule has 5 aromatic rings. The molecule has 0 aliphatic heterocycles. The van der Waals surface area contributed by atoms with Crippen LogP contribution in [0.2, 0.25) is 5.02 Å². The van der Waals surface area contributed by atoms with Crippen LogP contribution in [0.4, 0.5) is 5.69 Å². The second-order valence-electron chi connectivity index (χ2n) is 9.41. The van der Waals surface area contributed by atoms with Crippen molar-refractivity contribution in [2.45, 2.75) is 45.3 Å². The maximum absolute atomic E-state index is 12.7. The molecule has 0 bridgehead atoms.